The Bertz CT molecular complexity index is 782. The summed E-state index contributed by atoms with van der Waals surface area (Å²) in [5.41, 5.74) is 9.08. The van der Waals surface area contributed by atoms with Gasteiger partial charge in [-0.05, 0) is 46.6 Å². The zero-order chi connectivity index (χ0) is 13.6. The molecular formula is C13H10BrFN4. The van der Waals surface area contributed by atoms with E-state index >= 15 is 0 Å². The number of rotatable bonds is 1. The highest BCUT2D eigenvalue weighted by molar-refractivity contribution is 9.10. The van der Waals surface area contributed by atoms with Crippen molar-refractivity contribution in [2.24, 2.45) is 0 Å². The second-order valence-corrected chi connectivity index (χ2v) is 5.08. The zero-order valence-corrected chi connectivity index (χ0v) is 11.6. The van der Waals surface area contributed by atoms with Crippen LogP contribution in [0.25, 0.3) is 16.7 Å². The Hall–Kier alpha value is -1.95. The van der Waals surface area contributed by atoms with Gasteiger partial charge in [0, 0.05) is 6.20 Å². The number of aryl methyl sites for hydroxylation is 1. The lowest BCUT2D eigenvalue weighted by atomic mass is 10.2. The van der Waals surface area contributed by atoms with Crippen LogP contribution in [0.2, 0.25) is 0 Å². The van der Waals surface area contributed by atoms with Gasteiger partial charge in [0.05, 0.1) is 21.9 Å². The summed E-state index contributed by atoms with van der Waals surface area (Å²) >= 11 is 3.19. The summed E-state index contributed by atoms with van der Waals surface area (Å²) in [6, 6.07) is 4.99. The van der Waals surface area contributed by atoms with Crippen molar-refractivity contribution < 1.29 is 4.39 Å². The minimum absolute atomic E-state index is 0.300. The van der Waals surface area contributed by atoms with E-state index in [-0.39, 0.29) is 5.82 Å². The molecule has 2 N–H and O–H groups in total. The Kier molecular flexibility index (Phi) is 2.74. The van der Waals surface area contributed by atoms with Gasteiger partial charge in [0.15, 0.2) is 0 Å². The maximum Gasteiger partial charge on any atom is 0.205 e. The first-order chi connectivity index (χ1) is 9.08. The highest BCUT2D eigenvalue weighted by Gasteiger charge is 2.13. The minimum Gasteiger partial charge on any atom is -0.369 e. The van der Waals surface area contributed by atoms with E-state index in [4.69, 9.17) is 5.73 Å². The number of imidazole rings is 1. The molecule has 0 aliphatic rings. The summed E-state index contributed by atoms with van der Waals surface area (Å²) in [5.74, 6) is 0.0514. The first-order valence-corrected chi connectivity index (χ1v) is 6.41. The highest BCUT2D eigenvalue weighted by Crippen LogP contribution is 2.28. The molecule has 0 spiro atoms. The van der Waals surface area contributed by atoms with Crippen LogP contribution in [0.3, 0.4) is 0 Å². The molecule has 6 heteroatoms. The third-order valence-corrected chi connectivity index (χ3v) is 3.57. The molecule has 0 amide bonds. The van der Waals surface area contributed by atoms with E-state index in [1.165, 1.54) is 6.07 Å². The number of anilines is 1. The van der Waals surface area contributed by atoms with Gasteiger partial charge < -0.3 is 5.73 Å². The smallest absolute Gasteiger partial charge is 0.205 e. The number of aromatic nitrogens is 3. The number of hydrogen-bond donors (Lipinski definition) is 1. The molecule has 0 unspecified atom stereocenters. The Balaban J connectivity index is 2.36. The van der Waals surface area contributed by atoms with Crippen LogP contribution in [-0.4, -0.2) is 14.5 Å². The van der Waals surface area contributed by atoms with Crippen LogP contribution in [0.4, 0.5) is 10.3 Å². The molecule has 0 saturated heterocycles. The van der Waals surface area contributed by atoms with Crippen molar-refractivity contribution in [2.75, 3.05) is 5.73 Å². The molecule has 0 fully saturated rings. The molecule has 2 aromatic heterocycles. The molecule has 0 radical (unpaired) electrons. The molecule has 3 aromatic rings. The number of fused-ring (bicyclic) bond motifs is 1. The van der Waals surface area contributed by atoms with Crippen LogP contribution in [-0.2, 0) is 0 Å². The highest BCUT2D eigenvalue weighted by atomic mass is 79.9. The summed E-state index contributed by atoms with van der Waals surface area (Å²) in [6.45, 7) is 1.83. The lowest BCUT2D eigenvalue weighted by molar-refractivity contribution is 0.619. The number of nitrogens with two attached hydrogens (primary N) is 1. The topological polar surface area (TPSA) is 56.7 Å². The van der Waals surface area contributed by atoms with Gasteiger partial charge in [0.25, 0.3) is 0 Å². The van der Waals surface area contributed by atoms with Crippen molar-refractivity contribution in [3.8, 4) is 5.69 Å². The molecular weight excluding hydrogens is 311 g/mol. The molecule has 2 heterocycles. The van der Waals surface area contributed by atoms with Crippen molar-refractivity contribution in [3.63, 3.8) is 0 Å². The quantitative estimate of drug-likeness (QED) is 0.749. The van der Waals surface area contributed by atoms with E-state index in [0.717, 1.165) is 16.8 Å². The molecule has 0 aliphatic heterocycles. The van der Waals surface area contributed by atoms with Gasteiger partial charge in [-0.25, -0.2) is 9.37 Å². The van der Waals surface area contributed by atoms with Crippen LogP contribution in [0.15, 0.2) is 35.1 Å². The Labute approximate surface area is 117 Å². The predicted molar refractivity (Wildman–Crippen MR) is 75.7 cm³/mol. The van der Waals surface area contributed by atoms with Crippen molar-refractivity contribution in [2.45, 2.75) is 6.92 Å². The lowest BCUT2D eigenvalue weighted by Crippen LogP contribution is -2.03. The molecule has 4 nitrogen and oxygen atoms in total. The normalized spacial score (nSPS) is 11.1. The second kappa shape index (κ2) is 4.31. The summed E-state index contributed by atoms with van der Waals surface area (Å²) in [7, 11) is 0. The van der Waals surface area contributed by atoms with Crippen molar-refractivity contribution >= 4 is 32.9 Å². The molecule has 0 saturated carbocycles. The molecule has 19 heavy (non-hydrogen) atoms. The third-order valence-electron chi connectivity index (χ3n) is 2.96. The lowest BCUT2D eigenvalue weighted by Gasteiger charge is -2.11. The Morgan fingerprint density at radius 1 is 1.37 bits per heavy atom. The maximum atomic E-state index is 13.5. The van der Waals surface area contributed by atoms with E-state index in [0.29, 0.717) is 15.9 Å². The summed E-state index contributed by atoms with van der Waals surface area (Å²) in [4.78, 5) is 8.27. The SMILES string of the molecule is Cc1cc(F)c(Br)cc1-n1c(N)nc2cnccc21. The number of halogens is 2. The second-order valence-electron chi connectivity index (χ2n) is 4.22. The van der Waals surface area contributed by atoms with Gasteiger partial charge in [-0.2, -0.15) is 0 Å². The average molecular weight is 321 g/mol. The molecule has 0 atom stereocenters. The number of benzene rings is 1. The van der Waals surface area contributed by atoms with E-state index in [2.05, 4.69) is 25.9 Å². The van der Waals surface area contributed by atoms with Gasteiger partial charge in [-0.15, -0.1) is 0 Å². The minimum atomic E-state index is -0.300. The standard InChI is InChI=1S/C13H10BrFN4/c1-7-4-9(15)8(14)5-12(7)19-11-2-3-17-6-10(11)18-13(19)16/h2-6H,1H3,(H2,16,18). The first-order valence-electron chi connectivity index (χ1n) is 5.62. The molecule has 0 aliphatic carbocycles. The third kappa shape index (κ3) is 1.88. The number of nitrogen functional groups attached to an aromatic ring is 1. The Morgan fingerprint density at radius 2 is 2.16 bits per heavy atom. The van der Waals surface area contributed by atoms with Gasteiger partial charge in [-0.1, -0.05) is 0 Å². The fourth-order valence-electron chi connectivity index (χ4n) is 2.08. The largest absolute Gasteiger partial charge is 0.369 e. The van der Waals surface area contributed by atoms with Gasteiger partial charge >= 0.3 is 0 Å². The van der Waals surface area contributed by atoms with Crippen LogP contribution in [0, 0.1) is 12.7 Å². The summed E-state index contributed by atoms with van der Waals surface area (Å²) in [6.07, 6.45) is 3.32. The molecule has 3 rings (SSSR count). The number of nitrogens with zero attached hydrogens (tertiary/aromatic N) is 3. The van der Waals surface area contributed by atoms with Crippen LogP contribution in [0.5, 0.6) is 0 Å². The number of pyridine rings is 1. The fraction of sp³-hybridized carbons (Fsp3) is 0.0769. The zero-order valence-electron chi connectivity index (χ0n) is 10.1. The van der Waals surface area contributed by atoms with Crippen LogP contribution >= 0.6 is 15.9 Å². The predicted octanol–water partition coefficient (Wildman–Crippen LogP) is 3.21. The maximum absolute atomic E-state index is 13.5. The van der Waals surface area contributed by atoms with Gasteiger partial charge in [0.2, 0.25) is 5.95 Å². The van der Waals surface area contributed by atoms with Crippen molar-refractivity contribution in [1.82, 2.24) is 14.5 Å². The van der Waals surface area contributed by atoms with Crippen molar-refractivity contribution in [3.05, 3.63) is 46.4 Å². The monoisotopic (exact) mass is 320 g/mol. The Morgan fingerprint density at radius 3 is 2.95 bits per heavy atom. The van der Waals surface area contributed by atoms with Gasteiger partial charge in [0.1, 0.15) is 11.3 Å². The number of hydrogen-bond acceptors (Lipinski definition) is 3. The molecule has 96 valence electrons. The molecule has 1 aromatic carbocycles. The van der Waals surface area contributed by atoms with E-state index in [1.807, 2.05) is 13.0 Å². The van der Waals surface area contributed by atoms with E-state index in [1.54, 1.807) is 23.0 Å². The van der Waals surface area contributed by atoms with E-state index in [9.17, 15) is 4.39 Å². The fourth-order valence-corrected chi connectivity index (χ4v) is 2.41. The molecule has 0 bridgehead atoms. The first kappa shape index (κ1) is 12.1. The van der Waals surface area contributed by atoms with E-state index < -0.39 is 0 Å². The summed E-state index contributed by atoms with van der Waals surface area (Å²) < 4.78 is 15.7. The van der Waals surface area contributed by atoms with Gasteiger partial charge in [-0.3, -0.25) is 9.55 Å². The van der Waals surface area contributed by atoms with Crippen LogP contribution in [0.1, 0.15) is 5.56 Å². The average Bonchev–Trinajstić information content (AvgIpc) is 2.70. The van der Waals surface area contributed by atoms with Crippen LogP contribution < -0.4 is 5.73 Å². The summed E-state index contributed by atoms with van der Waals surface area (Å²) in [5, 5.41) is 0. The van der Waals surface area contributed by atoms with Crippen molar-refractivity contribution in [1.29, 1.82) is 0 Å².